The molecular weight excluding hydrogens is 348 g/mol. The number of hydrogen-bond acceptors (Lipinski definition) is 3. The van der Waals surface area contributed by atoms with E-state index in [9.17, 15) is 4.79 Å². The molecule has 0 aromatic carbocycles. The molecule has 0 aromatic heterocycles. The van der Waals surface area contributed by atoms with E-state index >= 15 is 0 Å². The lowest BCUT2D eigenvalue weighted by atomic mass is 10.0. The van der Waals surface area contributed by atoms with E-state index in [2.05, 4.69) is 13.8 Å². The first-order chi connectivity index (χ1) is 13.8. The van der Waals surface area contributed by atoms with Crippen LogP contribution in [-0.4, -0.2) is 25.8 Å². The molecule has 0 rings (SSSR count). The number of ether oxygens (including phenoxy) is 2. The van der Waals surface area contributed by atoms with Crippen molar-refractivity contribution >= 4 is 5.97 Å². The highest BCUT2D eigenvalue weighted by Crippen LogP contribution is 2.13. The predicted molar refractivity (Wildman–Crippen MR) is 121 cm³/mol. The summed E-state index contributed by atoms with van der Waals surface area (Å²) >= 11 is 0. The Labute approximate surface area is 176 Å². The maximum absolute atomic E-state index is 11.6. The molecule has 168 valence electrons. The van der Waals surface area contributed by atoms with Crippen molar-refractivity contribution in [2.75, 3.05) is 19.8 Å². The molecule has 3 heteroatoms. The highest BCUT2D eigenvalue weighted by Gasteiger charge is 2.02. The van der Waals surface area contributed by atoms with Gasteiger partial charge in [-0.1, -0.05) is 117 Å². The van der Waals surface area contributed by atoms with Gasteiger partial charge in [0.15, 0.2) is 0 Å². The van der Waals surface area contributed by atoms with Gasteiger partial charge in [-0.15, -0.1) is 0 Å². The van der Waals surface area contributed by atoms with E-state index in [1.165, 1.54) is 96.3 Å². The molecule has 3 nitrogen and oxygen atoms in total. The molecule has 0 saturated heterocycles. The highest BCUT2D eigenvalue weighted by atomic mass is 16.6. The van der Waals surface area contributed by atoms with E-state index in [0.717, 1.165) is 25.9 Å². The topological polar surface area (TPSA) is 35.5 Å². The quantitative estimate of drug-likeness (QED) is 0.129. The van der Waals surface area contributed by atoms with E-state index in [1.54, 1.807) is 0 Å². The Morgan fingerprint density at radius 3 is 1.43 bits per heavy atom. The van der Waals surface area contributed by atoms with Crippen LogP contribution in [0.4, 0.5) is 0 Å². The third kappa shape index (κ3) is 23.5. The Kier molecular flexibility index (Phi) is 24.0. The van der Waals surface area contributed by atoms with Crippen molar-refractivity contribution in [2.24, 2.45) is 0 Å². The average molecular weight is 399 g/mol. The first-order valence-electron chi connectivity index (χ1n) is 12.5. The molecule has 28 heavy (non-hydrogen) atoms. The molecule has 0 aliphatic heterocycles. The molecule has 0 bridgehead atoms. The maximum Gasteiger partial charge on any atom is 0.305 e. The summed E-state index contributed by atoms with van der Waals surface area (Å²) in [5.41, 5.74) is 0. The molecular formula is C25H50O3. The van der Waals surface area contributed by atoms with E-state index < -0.39 is 0 Å². The maximum atomic E-state index is 11.6. The van der Waals surface area contributed by atoms with Gasteiger partial charge < -0.3 is 9.47 Å². The molecule has 0 N–H and O–H groups in total. The average Bonchev–Trinajstić information content (AvgIpc) is 2.70. The molecule has 0 atom stereocenters. The summed E-state index contributed by atoms with van der Waals surface area (Å²) in [6.07, 6.45) is 24.3. The predicted octanol–water partition coefficient (Wildman–Crippen LogP) is 8.00. The molecule has 0 radical (unpaired) electrons. The lowest BCUT2D eigenvalue weighted by Crippen LogP contribution is -2.10. The number of hydrogen-bond donors (Lipinski definition) is 0. The largest absolute Gasteiger partial charge is 0.463 e. The van der Waals surface area contributed by atoms with Crippen LogP contribution in [0.2, 0.25) is 0 Å². The van der Waals surface area contributed by atoms with Crippen LogP contribution in [0.3, 0.4) is 0 Å². The van der Waals surface area contributed by atoms with Crippen LogP contribution in [0.1, 0.15) is 136 Å². The molecule has 0 aliphatic carbocycles. The van der Waals surface area contributed by atoms with Gasteiger partial charge in [0.1, 0.15) is 6.61 Å². The normalized spacial score (nSPS) is 11.1. The molecule has 0 saturated carbocycles. The molecule has 0 amide bonds. The molecule has 0 unspecified atom stereocenters. The lowest BCUT2D eigenvalue weighted by Gasteiger charge is -2.06. The SMILES string of the molecule is CCCCCCCCCCCCCCCCCC(=O)OCCOCCCCC. The van der Waals surface area contributed by atoms with Crippen LogP contribution in [0.5, 0.6) is 0 Å². The molecule has 0 aliphatic rings. The van der Waals surface area contributed by atoms with E-state index in [4.69, 9.17) is 9.47 Å². The molecule has 0 aromatic rings. The summed E-state index contributed by atoms with van der Waals surface area (Å²) in [7, 11) is 0. The Morgan fingerprint density at radius 2 is 0.929 bits per heavy atom. The second-order valence-electron chi connectivity index (χ2n) is 8.24. The number of unbranched alkanes of at least 4 members (excludes halogenated alkanes) is 16. The fourth-order valence-electron chi connectivity index (χ4n) is 3.48. The fourth-order valence-corrected chi connectivity index (χ4v) is 3.48. The number of carbonyl (C=O) groups excluding carboxylic acids is 1. The van der Waals surface area contributed by atoms with Gasteiger partial charge in [0.05, 0.1) is 6.61 Å². The number of esters is 1. The van der Waals surface area contributed by atoms with Crippen LogP contribution in [0.15, 0.2) is 0 Å². The van der Waals surface area contributed by atoms with Gasteiger partial charge in [0, 0.05) is 13.0 Å². The third-order valence-corrected chi connectivity index (χ3v) is 5.37. The van der Waals surface area contributed by atoms with Crippen molar-refractivity contribution in [3.05, 3.63) is 0 Å². The van der Waals surface area contributed by atoms with E-state index in [0.29, 0.717) is 19.6 Å². The smallest absolute Gasteiger partial charge is 0.305 e. The Morgan fingerprint density at radius 1 is 0.500 bits per heavy atom. The van der Waals surface area contributed by atoms with Crippen LogP contribution >= 0.6 is 0 Å². The zero-order chi connectivity index (χ0) is 20.5. The summed E-state index contributed by atoms with van der Waals surface area (Å²) in [5.74, 6) is -0.0631. The van der Waals surface area contributed by atoms with Crippen LogP contribution in [-0.2, 0) is 14.3 Å². The Hall–Kier alpha value is -0.570. The molecule has 0 spiro atoms. The van der Waals surface area contributed by atoms with E-state index in [1.807, 2.05) is 0 Å². The van der Waals surface area contributed by atoms with Gasteiger partial charge in [0.2, 0.25) is 0 Å². The summed E-state index contributed by atoms with van der Waals surface area (Å²) in [6, 6.07) is 0. The molecule has 0 fully saturated rings. The van der Waals surface area contributed by atoms with Gasteiger partial charge in [0.25, 0.3) is 0 Å². The molecule has 0 heterocycles. The Bertz CT molecular complexity index is 304. The van der Waals surface area contributed by atoms with Crippen molar-refractivity contribution in [2.45, 2.75) is 136 Å². The standard InChI is InChI=1S/C25H50O3/c1-3-5-7-8-9-10-11-12-13-14-15-16-17-18-19-21-25(26)28-24-23-27-22-20-6-4-2/h3-24H2,1-2H3. The van der Waals surface area contributed by atoms with Crippen molar-refractivity contribution in [1.82, 2.24) is 0 Å². The monoisotopic (exact) mass is 398 g/mol. The lowest BCUT2D eigenvalue weighted by molar-refractivity contribution is -0.145. The highest BCUT2D eigenvalue weighted by molar-refractivity contribution is 5.69. The van der Waals surface area contributed by atoms with Crippen LogP contribution in [0, 0.1) is 0 Å². The van der Waals surface area contributed by atoms with Crippen molar-refractivity contribution < 1.29 is 14.3 Å². The fraction of sp³-hybridized carbons (Fsp3) is 0.960. The first kappa shape index (κ1) is 27.4. The van der Waals surface area contributed by atoms with Gasteiger partial charge in [-0.05, 0) is 12.8 Å². The first-order valence-corrected chi connectivity index (χ1v) is 12.5. The van der Waals surface area contributed by atoms with Gasteiger partial charge >= 0.3 is 5.97 Å². The zero-order valence-electron chi connectivity index (χ0n) is 19.3. The number of rotatable bonds is 23. The minimum Gasteiger partial charge on any atom is -0.463 e. The van der Waals surface area contributed by atoms with Gasteiger partial charge in [-0.2, -0.15) is 0 Å². The third-order valence-electron chi connectivity index (χ3n) is 5.37. The van der Waals surface area contributed by atoms with Gasteiger partial charge in [-0.25, -0.2) is 0 Å². The minimum absolute atomic E-state index is 0.0631. The van der Waals surface area contributed by atoms with Crippen LogP contribution < -0.4 is 0 Å². The zero-order valence-corrected chi connectivity index (χ0v) is 19.3. The van der Waals surface area contributed by atoms with Crippen LogP contribution in [0.25, 0.3) is 0 Å². The van der Waals surface area contributed by atoms with Crippen molar-refractivity contribution in [1.29, 1.82) is 0 Å². The number of carbonyl (C=O) groups is 1. The van der Waals surface area contributed by atoms with Crippen molar-refractivity contribution in [3.63, 3.8) is 0 Å². The summed E-state index contributed by atoms with van der Waals surface area (Å²) in [5, 5.41) is 0. The second-order valence-corrected chi connectivity index (χ2v) is 8.24. The summed E-state index contributed by atoms with van der Waals surface area (Å²) in [6.45, 7) is 6.18. The van der Waals surface area contributed by atoms with Crippen molar-refractivity contribution in [3.8, 4) is 0 Å². The summed E-state index contributed by atoms with van der Waals surface area (Å²) in [4.78, 5) is 11.6. The van der Waals surface area contributed by atoms with Gasteiger partial charge in [-0.3, -0.25) is 4.79 Å². The second kappa shape index (κ2) is 24.5. The minimum atomic E-state index is -0.0631. The Balaban J connectivity index is 3.11. The summed E-state index contributed by atoms with van der Waals surface area (Å²) < 4.78 is 10.6. The van der Waals surface area contributed by atoms with E-state index in [-0.39, 0.29) is 5.97 Å².